The molecule has 0 spiro atoms. The molecule has 1 saturated carbocycles. The lowest BCUT2D eigenvalue weighted by atomic mass is 10.3. The van der Waals surface area contributed by atoms with Crippen LogP contribution in [0.15, 0.2) is 18.3 Å². The average molecular weight is 194 g/mol. The molecule has 2 N–H and O–H groups in total. The number of aliphatic hydroxyl groups excluding tert-OH is 1. The van der Waals surface area contributed by atoms with Crippen molar-refractivity contribution in [3.63, 3.8) is 0 Å². The maximum Gasteiger partial charge on any atom is 0.0690 e. The van der Waals surface area contributed by atoms with Crippen LogP contribution in [-0.2, 0) is 13.1 Å². The standard InChI is InChI=1S/C11H18N2O/c1-9(14)8-13-6-2-3-11(13)7-12-10-4-5-10/h2-3,6,9-10,12,14H,4-5,7-8H2,1H3. The summed E-state index contributed by atoms with van der Waals surface area (Å²) in [5.74, 6) is 0. The number of aliphatic hydroxyl groups is 1. The van der Waals surface area contributed by atoms with E-state index < -0.39 is 0 Å². The lowest BCUT2D eigenvalue weighted by Gasteiger charge is -2.11. The third kappa shape index (κ3) is 2.59. The number of aromatic nitrogens is 1. The van der Waals surface area contributed by atoms with Crippen molar-refractivity contribution in [2.75, 3.05) is 0 Å². The number of hydrogen-bond acceptors (Lipinski definition) is 2. The third-order valence-electron chi connectivity index (χ3n) is 2.53. The molecular weight excluding hydrogens is 176 g/mol. The molecule has 0 aliphatic heterocycles. The fraction of sp³-hybridized carbons (Fsp3) is 0.636. The Balaban J connectivity index is 1.90. The van der Waals surface area contributed by atoms with Crippen molar-refractivity contribution in [2.45, 2.75) is 45.0 Å². The van der Waals surface area contributed by atoms with Crippen LogP contribution in [0.4, 0.5) is 0 Å². The minimum Gasteiger partial charge on any atom is -0.392 e. The Morgan fingerprint density at radius 2 is 2.43 bits per heavy atom. The first kappa shape index (κ1) is 9.74. The molecule has 14 heavy (non-hydrogen) atoms. The first-order valence-electron chi connectivity index (χ1n) is 5.31. The van der Waals surface area contributed by atoms with Crippen LogP contribution < -0.4 is 5.32 Å². The molecular formula is C11H18N2O. The molecule has 1 aliphatic rings. The van der Waals surface area contributed by atoms with Gasteiger partial charge in [0.1, 0.15) is 0 Å². The fourth-order valence-corrected chi connectivity index (χ4v) is 1.61. The molecule has 0 amide bonds. The van der Waals surface area contributed by atoms with Gasteiger partial charge in [-0.25, -0.2) is 0 Å². The van der Waals surface area contributed by atoms with E-state index in [1.807, 2.05) is 19.2 Å². The monoisotopic (exact) mass is 194 g/mol. The zero-order valence-electron chi connectivity index (χ0n) is 8.61. The van der Waals surface area contributed by atoms with E-state index in [2.05, 4.69) is 16.0 Å². The van der Waals surface area contributed by atoms with E-state index in [1.165, 1.54) is 18.5 Å². The van der Waals surface area contributed by atoms with E-state index in [0.29, 0.717) is 6.54 Å². The van der Waals surface area contributed by atoms with E-state index in [9.17, 15) is 5.11 Å². The summed E-state index contributed by atoms with van der Waals surface area (Å²) in [6.07, 6.45) is 4.38. The van der Waals surface area contributed by atoms with Crippen molar-refractivity contribution in [1.29, 1.82) is 0 Å². The minimum absolute atomic E-state index is 0.276. The second-order valence-corrected chi connectivity index (χ2v) is 4.16. The van der Waals surface area contributed by atoms with Gasteiger partial charge in [-0.2, -0.15) is 0 Å². The molecule has 1 atom stereocenters. The first-order chi connectivity index (χ1) is 6.75. The summed E-state index contributed by atoms with van der Waals surface area (Å²) >= 11 is 0. The molecule has 1 aromatic heterocycles. The van der Waals surface area contributed by atoms with Gasteiger partial charge in [-0.05, 0) is 31.9 Å². The SMILES string of the molecule is CC(O)Cn1cccc1CNC1CC1. The lowest BCUT2D eigenvalue weighted by molar-refractivity contribution is 0.172. The Bertz CT molecular complexity index is 289. The molecule has 0 aromatic carbocycles. The van der Waals surface area contributed by atoms with Crippen molar-refractivity contribution in [3.05, 3.63) is 24.0 Å². The second kappa shape index (κ2) is 4.15. The van der Waals surface area contributed by atoms with Crippen LogP contribution in [0.5, 0.6) is 0 Å². The summed E-state index contributed by atoms with van der Waals surface area (Å²) in [5, 5.41) is 12.8. The van der Waals surface area contributed by atoms with E-state index in [-0.39, 0.29) is 6.10 Å². The highest BCUT2D eigenvalue weighted by Gasteiger charge is 2.20. The highest BCUT2D eigenvalue weighted by Crippen LogP contribution is 2.19. The minimum atomic E-state index is -0.276. The van der Waals surface area contributed by atoms with Crippen LogP contribution in [0.3, 0.4) is 0 Å². The van der Waals surface area contributed by atoms with Gasteiger partial charge in [-0.3, -0.25) is 0 Å². The van der Waals surface area contributed by atoms with Crippen molar-refractivity contribution >= 4 is 0 Å². The van der Waals surface area contributed by atoms with Gasteiger partial charge in [0, 0.05) is 31.0 Å². The summed E-state index contributed by atoms with van der Waals surface area (Å²) in [6.45, 7) is 3.43. The van der Waals surface area contributed by atoms with E-state index in [4.69, 9.17) is 0 Å². The normalized spacial score (nSPS) is 18.4. The molecule has 0 bridgehead atoms. The molecule has 2 rings (SSSR count). The summed E-state index contributed by atoms with van der Waals surface area (Å²) in [5.41, 5.74) is 1.26. The predicted octanol–water partition coefficient (Wildman–Crippen LogP) is 1.12. The zero-order chi connectivity index (χ0) is 9.97. The van der Waals surface area contributed by atoms with Crippen LogP contribution >= 0.6 is 0 Å². The molecule has 1 fully saturated rings. The molecule has 0 radical (unpaired) electrons. The van der Waals surface area contributed by atoms with Crippen molar-refractivity contribution in [3.8, 4) is 0 Å². The van der Waals surface area contributed by atoms with Gasteiger partial charge in [0.25, 0.3) is 0 Å². The van der Waals surface area contributed by atoms with E-state index in [1.54, 1.807) is 0 Å². The average Bonchev–Trinajstić information content (AvgIpc) is 2.85. The Labute approximate surface area is 84.7 Å². The highest BCUT2D eigenvalue weighted by molar-refractivity contribution is 5.07. The summed E-state index contributed by atoms with van der Waals surface area (Å²) < 4.78 is 2.11. The smallest absolute Gasteiger partial charge is 0.0690 e. The molecule has 1 aromatic rings. The van der Waals surface area contributed by atoms with Gasteiger partial charge in [0.2, 0.25) is 0 Å². The van der Waals surface area contributed by atoms with Crippen LogP contribution in [-0.4, -0.2) is 21.8 Å². The van der Waals surface area contributed by atoms with Crippen LogP contribution in [0.25, 0.3) is 0 Å². The quantitative estimate of drug-likeness (QED) is 0.737. The topological polar surface area (TPSA) is 37.2 Å². The van der Waals surface area contributed by atoms with Crippen molar-refractivity contribution < 1.29 is 5.11 Å². The maximum atomic E-state index is 9.30. The predicted molar refractivity (Wildman–Crippen MR) is 56.0 cm³/mol. The molecule has 78 valence electrons. The zero-order valence-corrected chi connectivity index (χ0v) is 8.61. The fourth-order valence-electron chi connectivity index (χ4n) is 1.61. The highest BCUT2D eigenvalue weighted by atomic mass is 16.3. The van der Waals surface area contributed by atoms with Crippen molar-refractivity contribution in [1.82, 2.24) is 9.88 Å². The maximum absolute atomic E-state index is 9.30. The Hall–Kier alpha value is -0.800. The van der Waals surface area contributed by atoms with E-state index >= 15 is 0 Å². The van der Waals surface area contributed by atoms with Crippen LogP contribution in [0.2, 0.25) is 0 Å². The van der Waals surface area contributed by atoms with Gasteiger partial charge >= 0.3 is 0 Å². The molecule has 3 heteroatoms. The van der Waals surface area contributed by atoms with Crippen LogP contribution in [0.1, 0.15) is 25.5 Å². The van der Waals surface area contributed by atoms with E-state index in [0.717, 1.165) is 12.6 Å². The number of nitrogens with zero attached hydrogens (tertiary/aromatic N) is 1. The third-order valence-corrected chi connectivity index (χ3v) is 2.53. The molecule has 3 nitrogen and oxygen atoms in total. The first-order valence-corrected chi connectivity index (χ1v) is 5.31. The van der Waals surface area contributed by atoms with Gasteiger partial charge in [-0.1, -0.05) is 0 Å². The van der Waals surface area contributed by atoms with Gasteiger partial charge in [0.05, 0.1) is 6.10 Å². The largest absolute Gasteiger partial charge is 0.392 e. The second-order valence-electron chi connectivity index (χ2n) is 4.16. The number of nitrogens with one attached hydrogen (secondary N) is 1. The lowest BCUT2D eigenvalue weighted by Crippen LogP contribution is -2.20. The molecule has 1 heterocycles. The molecule has 1 unspecified atom stereocenters. The van der Waals surface area contributed by atoms with Gasteiger partial charge < -0.3 is 15.0 Å². The Morgan fingerprint density at radius 1 is 1.64 bits per heavy atom. The Morgan fingerprint density at radius 3 is 3.07 bits per heavy atom. The van der Waals surface area contributed by atoms with Crippen LogP contribution in [0, 0.1) is 0 Å². The Kier molecular flexibility index (Phi) is 2.89. The van der Waals surface area contributed by atoms with Gasteiger partial charge in [-0.15, -0.1) is 0 Å². The van der Waals surface area contributed by atoms with Gasteiger partial charge in [0.15, 0.2) is 0 Å². The summed E-state index contributed by atoms with van der Waals surface area (Å²) in [4.78, 5) is 0. The molecule has 1 aliphatic carbocycles. The number of hydrogen-bond donors (Lipinski definition) is 2. The number of rotatable bonds is 5. The van der Waals surface area contributed by atoms with Crippen molar-refractivity contribution in [2.24, 2.45) is 0 Å². The summed E-state index contributed by atoms with van der Waals surface area (Å²) in [7, 11) is 0. The molecule has 0 saturated heterocycles. The summed E-state index contributed by atoms with van der Waals surface area (Å²) in [6, 6.07) is 4.88.